The molecule has 10 heteroatoms. The van der Waals surface area contributed by atoms with Gasteiger partial charge in [-0.3, -0.25) is 4.79 Å². The van der Waals surface area contributed by atoms with Gasteiger partial charge in [-0.1, -0.05) is 40.6 Å². The van der Waals surface area contributed by atoms with Crippen LogP contribution in [0.4, 0.5) is 10.8 Å². The highest BCUT2D eigenvalue weighted by atomic mass is 35.5. The highest BCUT2D eigenvalue weighted by Crippen LogP contribution is 2.31. The second-order valence-corrected chi connectivity index (χ2v) is 8.47. The molecule has 1 aromatic carbocycles. The standard InChI is InChI=1S/C13H13Cl2N3O3S2/c1-7-11(22-13(16-7)18(2)23(3,20)21)12(19)17-9-6-4-5-8(14)10(9)15/h4-6H,1-3H3,(H,17,19). The Morgan fingerprint density at radius 1 is 1.35 bits per heavy atom. The van der Waals surface area contributed by atoms with Crippen LogP contribution in [0.5, 0.6) is 0 Å². The lowest BCUT2D eigenvalue weighted by molar-refractivity contribution is 0.103. The molecule has 1 N–H and O–H groups in total. The summed E-state index contributed by atoms with van der Waals surface area (Å²) in [6.45, 7) is 1.63. The van der Waals surface area contributed by atoms with Crippen LogP contribution in [0.25, 0.3) is 0 Å². The van der Waals surface area contributed by atoms with Crippen molar-refractivity contribution in [3.63, 3.8) is 0 Å². The predicted octanol–water partition coefficient (Wildman–Crippen LogP) is 3.41. The fourth-order valence-corrected chi connectivity index (χ4v) is 3.67. The topological polar surface area (TPSA) is 79.4 Å². The van der Waals surface area contributed by atoms with Crippen LogP contribution in [0.2, 0.25) is 10.0 Å². The number of hydrogen-bond acceptors (Lipinski definition) is 5. The maximum Gasteiger partial charge on any atom is 0.267 e. The molecule has 0 unspecified atom stereocenters. The summed E-state index contributed by atoms with van der Waals surface area (Å²) in [5.41, 5.74) is 0.797. The first-order chi connectivity index (χ1) is 10.6. The molecule has 1 amide bonds. The first kappa shape index (κ1) is 18.0. The van der Waals surface area contributed by atoms with Gasteiger partial charge in [0.05, 0.1) is 27.7 Å². The molecular weight excluding hydrogens is 381 g/mol. The molecule has 1 heterocycles. The fraction of sp³-hybridized carbons (Fsp3) is 0.231. The van der Waals surface area contributed by atoms with Gasteiger partial charge in [-0.25, -0.2) is 17.7 Å². The minimum Gasteiger partial charge on any atom is -0.320 e. The Kier molecular flexibility index (Phi) is 5.20. The van der Waals surface area contributed by atoms with E-state index < -0.39 is 15.9 Å². The molecule has 0 radical (unpaired) electrons. The summed E-state index contributed by atoms with van der Waals surface area (Å²) in [5.74, 6) is -0.433. The number of rotatable bonds is 4. The quantitative estimate of drug-likeness (QED) is 0.862. The lowest BCUT2D eigenvalue weighted by Crippen LogP contribution is -2.24. The van der Waals surface area contributed by atoms with E-state index in [9.17, 15) is 13.2 Å². The van der Waals surface area contributed by atoms with Crippen LogP contribution in [0.15, 0.2) is 18.2 Å². The largest absolute Gasteiger partial charge is 0.320 e. The number of nitrogens with one attached hydrogen (secondary N) is 1. The SMILES string of the molecule is Cc1nc(N(C)S(C)(=O)=O)sc1C(=O)Nc1cccc(Cl)c1Cl. The zero-order valence-electron chi connectivity index (χ0n) is 12.4. The van der Waals surface area contributed by atoms with E-state index in [0.29, 0.717) is 21.3 Å². The van der Waals surface area contributed by atoms with Gasteiger partial charge < -0.3 is 5.32 Å². The number of halogens is 2. The molecular formula is C13H13Cl2N3O3S2. The number of carbonyl (C=O) groups is 1. The van der Waals surface area contributed by atoms with Crippen molar-refractivity contribution in [3.8, 4) is 0 Å². The van der Waals surface area contributed by atoms with Crippen LogP contribution in [0.3, 0.4) is 0 Å². The Morgan fingerprint density at radius 2 is 2.00 bits per heavy atom. The molecule has 0 aliphatic carbocycles. The first-order valence-electron chi connectivity index (χ1n) is 6.28. The molecule has 2 rings (SSSR count). The third kappa shape index (κ3) is 3.95. The zero-order chi connectivity index (χ0) is 17.4. The molecule has 0 aliphatic heterocycles. The van der Waals surface area contributed by atoms with Crippen LogP contribution in [0, 0.1) is 6.92 Å². The number of aryl methyl sites for hydroxylation is 1. The lowest BCUT2D eigenvalue weighted by Gasteiger charge is -2.11. The van der Waals surface area contributed by atoms with Gasteiger partial charge in [0, 0.05) is 7.05 Å². The number of benzene rings is 1. The summed E-state index contributed by atoms with van der Waals surface area (Å²) >= 11 is 12.9. The van der Waals surface area contributed by atoms with Crippen molar-refractivity contribution >= 4 is 61.3 Å². The lowest BCUT2D eigenvalue weighted by atomic mass is 10.3. The van der Waals surface area contributed by atoms with Crippen LogP contribution in [0.1, 0.15) is 15.4 Å². The van der Waals surface area contributed by atoms with Crippen LogP contribution in [-0.4, -0.2) is 32.6 Å². The van der Waals surface area contributed by atoms with E-state index in [1.807, 2.05) is 0 Å². The molecule has 1 aromatic heterocycles. The predicted molar refractivity (Wildman–Crippen MR) is 94.5 cm³/mol. The summed E-state index contributed by atoms with van der Waals surface area (Å²) < 4.78 is 24.1. The van der Waals surface area contributed by atoms with Gasteiger partial charge in [0.2, 0.25) is 10.0 Å². The Balaban J connectivity index is 2.30. The minimum atomic E-state index is -3.45. The van der Waals surface area contributed by atoms with Gasteiger partial charge in [-0.15, -0.1) is 0 Å². The summed E-state index contributed by atoms with van der Waals surface area (Å²) in [6, 6.07) is 4.88. The van der Waals surface area contributed by atoms with Crippen molar-refractivity contribution in [1.82, 2.24) is 4.98 Å². The van der Waals surface area contributed by atoms with Gasteiger partial charge in [0.15, 0.2) is 5.13 Å². The Bertz CT molecular complexity index is 865. The maximum absolute atomic E-state index is 12.4. The second-order valence-electron chi connectivity index (χ2n) is 4.70. The molecule has 124 valence electrons. The fourth-order valence-electron chi connectivity index (χ4n) is 1.65. The third-order valence-electron chi connectivity index (χ3n) is 2.96. The van der Waals surface area contributed by atoms with Gasteiger partial charge in [0.25, 0.3) is 5.91 Å². The van der Waals surface area contributed by atoms with E-state index in [0.717, 1.165) is 21.9 Å². The molecule has 0 saturated carbocycles. The summed E-state index contributed by atoms with van der Waals surface area (Å²) in [7, 11) is -2.07. The number of nitrogens with zero attached hydrogens (tertiary/aromatic N) is 2. The Hall–Kier alpha value is -1.35. The smallest absolute Gasteiger partial charge is 0.267 e. The van der Waals surface area contributed by atoms with E-state index in [1.54, 1.807) is 25.1 Å². The number of anilines is 2. The molecule has 23 heavy (non-hydrogen) atoms. The van der Waals surface area contributed by atoms with Crippen molar-refractivity contribution in [3.05, 3.63) is 38.8 Å². The highest BCUT2D eigenvalue weighted by molar-refractivity contribution is 7.92. The molecule has 0 saturated heterocycles. The van der Waals surface area contributed by atoms with Crippen LogP contribution >= 0.6 is 34.5 Å². The van der Waals surface area contributed by atoms with E-state index >= 15 is 0 Å². The molecule has 2 aromatic rings. The van der Waals surface area contributed by atoms with Gasteiger partial charge in [-0.05, 0) is 19.1 Å². The van der Waals surface area contributed by atoms with Crippen LogP contribution < -0.4 is 9.62 Å². The average molecular weight is 394 g/mol. The summed E-state index contributed by atoms with van der Waals surface area (Å²) in [4.78, 5) is 16.8. The highest BCUT2D eigenvalue weighted by Gasteiger charge is 2.22. The molecule has 0 spiro atoms. The normalized spacial score (nSPS) is 11.3. The first-order valence-corrected chi connectivity index (χ1v) is 9.70. The number of aromatic nitrogens is 1. The number of hydrogen-bond donors (Lipinski definition) is 1. The van der Waals surface area contributed by atoms with Crippen molar-refractivity contribution in [2.45, 2.75) is 6.92 Å². The number of thiazole rings is 1. The van der Waals surface area contributed by atoms with E-state index in [-0.39, 0.29) is 10.2 Å². The van der Waals surface area contributed by atoms with E-state index in [2.05, 4.69) is 10.3 Å². The molecule has 0 atom stereocenters. The Morgan fingerprint density at radius 3 is 2.61 bits per heavy atom. The van der Waals surface area contributed by atoms with Crippen molar-refractivity contribution in [2.24, 2.45) is 0 Å². The van der Waals surface area contributed by atoms with Gasteiger partial charge in [-0.2, -0.15) is 0 Å². The zero-order valence-corrected chi connectivity index (χ0v) is 15.6. The number of carbonyl (C=O) groups excluding carboxylic acids is 1. The van der Waals surface area contributed by atoms with Gasteiger partial charge in [0.1, 0.15) is 4.88 Å². The summed E-state index contributed by atoms with van der Waals surface area (Å²) in [6.07, 6.45) is 1.06. The molecule has 0 fully saturated rings. The van der Waals surface area contributed by atoms with Crippen molar-refractivity contribution in [1.29, 1.82) is 0 Å². The monoisotopic (exact) mass is 393 g/mol. The van der Waals surface area contributed by atoms with E-state index in [1.165, 1.54) is 7.05 Å². The molecule has 6 nitrogen and oxygen atoms in total. The molecule has 0 bridgehead atoms. The van der Waals surface area contributed by atoms with E-state index in [4.69, 9.17) is 23.2 Å². The van der Waals surface area contributed by atoms with Crippen molar-refractivity contribution in [2.75, 3.05) is 22.9 Å². The minimum absolute atomic E-state index is 0.215. The third-order valence-corrected chi connectivity index (χ3v) is 6.29. The van der Waals surface area contributed by atoms with Crippen LogP contribution in [-0.2, 0) is 10.0 Å². The maximum atomic E-state index is 12.4. The van der Waals surface area contributed by atoms with Crippen molar-refractivity contribution < 1.29 is 13.2 Å². The Labute approximate surface area is 148 Å². The number of sulfonamides is 1. The molecule has 0 aliphatic rings. The number of amides is 1. The van der Waals surface area contributed by atoms with Gasteiger partial charge >= 0.3 is 0 Å². The summed E-state index contributed by atoms with van der Waals surface area (Å²) in [5, 5.41) is 3.42. The average Bonchev–Trinajstić information content (AvgIpc) is 2.84. The second kappa shape index (κ2) is 6.64.